The molecule has 38 heavy (non-hydrogen) atoms. The number of hydrogen-bond donors (Lipinski definition) is 0. The molecule has 1 saturated heterocycles. The minimum atomic E-state index is -0.498. The first kappa shape index (κ1) is 24.9. The molecule has 1 aliphatic rings. The molecule has 0 radical (unpaired) electrons. The minimum absolute atomic E-state index is 0.0219. The maximum Gasteiger partial charge on any atom is 0.270 e. The second-order valence-electron chi connectivity index (χ2n) is 8.48. The Morgan fingerprint density at radius 1 is 0.711 bits per heavy atom. The highest BCUT2D eigenvalue weighted by Crippen LogP contribution is 2.32. The number of anilines is 2. The molecule has 1 fully saturated rings. The second kappa shape index (κ2) is 11.1. The smallest absolute Gasteiger partial charge is 0.270 e. The zero-order valence-electron chi connectivity index (χ0n) is 20.6. The van der Waals surface area contributed by atoms with Crippen LogP contribution in [0.15, 0.2) is 115 Å². The van der Waals surface area contributed by atoms with Gasteiger partial charge < -0.3 is 9.47 Å². The summed E-state index contributed by atoms with van der Waals surface area (Å²) in [6.45, 7) is 0.379. The Bertz CT molecular complexity index is 1440. The van der Waals surface area contributed by atoms with E-state index < -0.39 is 11.8 Å². The van der Waals surface area contributed by atoms with Crippen LogP contribution in [0, 0.1) is 0 Å². The number of carbonyl (C=O) groups is 2. The summed E-state index contributed by atoms with van der Waals surface area (Å²) < 4.78 is 11.5. The third-order valence-corrected chi connectivity index (χ3v) is 6.38. The first-order valence-electron chi connectivity index (χ1n) is 12.0. The van der Waals surface area contributed by atoms with Crippen LogP contribution in [0.2, 0.25) is 0 Å². The molecule has 5 rings (SSSR count). The van der Waals surface area contributed by atoms with Gasteiger partial charge in [-0.05, 0) is 65.8 Å². The fraction of sp³-hybridized carbons (Fsp3) is 0.0645. The van der Waals surface area contributed by atoms with Gasteiger partial charge in [-0.2, -0.15) is 0 Å². The first-order chi connectivity index (χ1) is 18.6. The van der Waals surface area contributed by atoms with E-state index in [0.717, 1.165) is 5.56 Å². The summed E-state index contributed by atoms with van der Waals surface area (Å²) in [6, 6.07) is 33.2. The number of rotatable bonds is 7. The van der Waals surface area contributed by atoms with Gasteiger partial charge in [0.1, 0.15) is 12.2 Å². The largest absolute Gasteiger partial charge is 0.493 e. The molecule has 0 aliphatic carbocycles. The molecule has 6 nitrogen and oxygen atoms in total. The number of benzene rings is 4. The quantitative estimate of drug-likeness (QED) is 0.169. The predicted octanol–water partition coefficient (Wildman–Crippen LogP) is 6.02. The Hall–Kier alpha value is -4.75. The molecular formula is C31H24N2O4S. The van der Waals surface area contributed by atoms with Gasteiger partial charge in [-0.15, -0.1) is 0 Å². The highest BCUT2D eigenvalue weighted by Gasteiger charge is 2.41. The van der Waals surface area contributed by atoms with E-state index in [2.05, 4.69) is 0 Å². The van der Waals surface area contributed by atoms with E-state index in [1.807, 2.05) is 66.7 Å². The Kier molecular flexibility index (Phi) is 7.28. The molecule has 0 atom stereocenters. The molecule has 0 aromatic heterocycles. The maximum absolute atomic E-state index is 13.7. The van der Waals surface area contributed by atoms with E-state index >= 15 is 0 Å². The van der Waals surface area contributed by atoms with Crippen LogP contribution in [-0.2, 0) is 16.2 Å². The number of amides is 2. The average molecular weight is 521 g/mol. The van der Waals surface area contributed by atoms with E-state index in [4.69, 9.17) is 21.7 Å². The van der Waals surface area contributed by atoms with E-state index in [1.54, 1.807) is 55.7 Å². The molecule has 4 aromatic carbocycles. The van der Waals surface area contributed by atoms with Crippen LogP contribution in [0.25, 0.3) is 6.08 Å². The predicted molar refractivity (Wildman–Crippen MR) is 152 cm³/mol. The molecule has 0 bridgehead atoms. The van der Waals surface area contributed by atoms with E-state index in [1.165, 1.54) is 9.80 Å². The van der Waals surface area contributed by atoms with Gasteiger partial charge in [-0.1, -0.05) is 72.8 Å². The van der Waals surface area contributed by atoms with Crippen LogP contribution in [-0.4, -0.2) is 24.0 Å². The number of thiocarbonyl (C=S) groups is 1. The lowest BCUT2D eigenvalue weighted by Gasteiger charge is -2.36. The van der Waals surface area contributed by atoms with Gasteiger partial charge in [0, 0.05) is 0 Å². The number of nitrogens with zero attached hydrogens (tertiary/aromatic N) is 2. The summed E-state index contributed by atoms with van der Waals surface area (Å²) in [4.78, 5) is 30.1. The van der Waals surface area contributed by atoms with Crippen molar-refractivity contribution in [3.63, 3.8) is 0 Å². The average Bonchev–Trinajstić information content (AvgIpc) is 2.96. The fourth-order valence-corrected chi connectivity index (χ4v) is 4.51. The van der Waals surface area contributed by atoms with Crippen molar-refractivity contribution in [2.24, 2.45) is 0 Å². The lowest BCUT2D eigenvalue weighted by Crippen LogP contribution is -2.56. The van der Waals surface area contributed by atoms with Gasteiger partial charge in [-0.25, -0.2) is 0 Å². The summed E-state index contributed by atoms with van der Waals surface area (Å²) in [7, 11) is 1.55. The standard InChI is InChI=1S/C31H24N2O4S/c1-36-28-20-23(17-18-27(28)37-21-22-11-5-2-6-12-22)19-26-29(34)32(24-13-7-3-8-14-24)31(38)33(30(26)35)25-15-9-4-10-16-25/h2-20H,21H2,1H3. The van der Waals surface area contributed by atoms with Crippen LogP contribution >= 0.6 is 12.2 Å². The second-order valence-corrected chi connectivity index (χ2v) is 8.84. The molecule has 188 valence electrons. The highest BCUT2D eigenvalue weighted by atomic mass is 32.1. The number of ether oxygens (including phenoxy) is 2. The lowest BCUT2D eigenvalue weighted by atomic mass is 10.0. The zero-order chi connectivity index (χ0) is 26.5. The summed E-state index contributed by atoms with van der Waals surface area (Å²) in [5, 5.41) is 0.0943. The number of methoxy groups -OCH3 is 1. The molecule has 0 N–H and O–H groups in total. The van der Waals surface area contributed by atoms with Crippen LogP contribution < -0.4 is 19.3 Å². The molecule has 7 heteroatoms. The maximum atomic E-state index is 13.7. The van der Waals surface area contributed by atoms with Crippen molar-refractivity contribution < 1.29 is 19.1 Å². The molecule has 1 heterocycles. The topological polar surface area (TPSA) is 59.1 Å². The van der Waals surface area contributed by atoms with Gasteiger partial charge in [-0.3, -0.25) is 19.4 Å². The summed E-state index contributed by atoms with van der Waals surface area (Å²) in [5.41, 5.74) is 2.76. The van der Waals surface area contributed by atoms with Crippen LogP contribution in [0.4, 0.5) is 11.4 Å². The third-order valence-electron chi connectivity index (χ3n) is 6.01. The number of hydrogen-bond acceptors (Lipinski definition) is 5. The zero-order valence-corrected chi connectivity index (χ0v) is 21.4. The van der Waals surface area contributed by atoms with Gasteiger partial charge in [0.15, 0.2) is 16.6 Å². The molecule has 4 aromatic rings. The van der Waals surface area contributed by atoms with Gasteiger partial charge in [0.2, 0.25) is 0 Å². The van der Waals surface area contributed by atoms with Crippen LogP contribution in [0.1, 0.15) is 11.1 Å². The van der Waals surface area contributed by atoms with Crippen LogP contribution in [0.5, 0.6) is 11.5 Å². The van der Waals surface area contributed by atoms with E-state index in [-0.39, 0.29) is 10.7 Å². The molecule has 1 aliphatic heterocycles. The Labute approximate surface area is 226 Å². The van der Waals surface area contributed by atoms with Crippen molar-refractivity contribution in [1.29, 1.82) is 0 Å². The molecular weight excluding hydrogens is 496 g/mol. The molecule has 2 amide bonds. The third kappa shape index (κ3) is 5.05. The van der Waals surface area contributed by atoms with E-state index in [0.29, 0.717) is 35.0 Å². The van der Waals surface area contributed by atoms with Crippen molar-refractivity contribution in [3.05, 3.63) is 126 Å². The van der Waals surface area contributed by atoms with Crippen molar-refractivity contribution >= 4 is 46.6 Å². The number of carbonyl (C=O) groups excluding carboxylic acids is 2. The lowest BCUT2D eigenvalue weighted by molar-refractivity contribution is -0.120. The SMILES string of the molecule is COc1cc(C=C2C(=O)N(c3ccccc3)C(=S)N(c3ccccc3)C2=O)ccc1OCc1ccccc1. The first-order valence-corrected chi connectivity index (χ1v) is 12.4. The Morgan fingerprint density at radius 2 is 1.24 bits per heavy atom. The van der Waals surface area contributed by atoms with Gasteiger partial charge in [0.05, 0.1) is 18.5 Å². The van der Waals surface area contributed by atoms with Crippen molar-refractivity contribution in [2.45, 2.75) is 6.61 Å². The Morgan fingerprint density at radius 3 is 1.76 bits per heavy atom. The normalized spacial score (nSPS) is 13.5. The van der Waals surface area contributed by atoms with Gasteiger partial charge in [0.25, 0.3) is 11.8 Å². The van der Waals surface area contributed by atoms with Crippen molar-refractivity contribution in [2.75, 3.05) is 16.9 Å². The number of para-hydroxylation sites is 2. The monoisotopic (exact) mass is 520 g/mol. The molecule has 0 saturated carbocycles. The molecule has 0 spiro atoms. The van der Waals surface area contributed by atoms with Crippen molar-refractivity contribution in [1.82, 2.24) is 0 Å². The van der Waals surface area contributed by atoms with E-state index in [9.17, 15) is 9.59 Å². The highest BCUT2D eigenvalue weighted by molar-refractivity contribution is 7.81. The summed E-state index contributed by atoms with van der Waals surface area (Å²) in [5.74, 6) is 0.0441. The van der Waals surface area contributed by atoms with Gasteiger partial charge >= 0.3 is 0 Å². The summed E-state index contributed by atoms with van der Waals surface area (Å²) in [6.07, 6.45) is 1.56. The molecule has 0 unspecified atom stereocenters. The Balaban J connectivity index is 1.51. The summed E-state index contributed by atoms with van der Waals surface area (Å²) >= 11 is 5.66. The van der Waals surface area contributed by atoms with Crippen LogP contribution in [0.3, 0.4) is 0 Å². The minimum Gasteiger partial charge on any atom is -0.493 e. The fourth-order valence-electron chi connectivity index (χ4n) is 4.13. The van der Waals surface area contributed by atoms with Crippen molar-refractivity contribution in [3.8, 4) is 11.5 Å².